The molecule has 0 amide bonds. The molecule has 0 saturated carbocycles. The summed E-state index contributed by atoms with van der Waals surface area (Å²) in [6, 6.07) is 4.44. The van der Waals surface area contributed by atoms with Crippen molar-refractivity contribution in [1.29, 1.82) is 0 Å². The first-order valence-electron chi connectivity index (χ1n) is 10.3. The van der Waals surface area contributed by atoms with Crippen molar-refractivity contribution in [2.75, 3.05) is 0 Å². The van der Waals surface area contributed by atoms with Gasteiger partial charge in [0, 0.05) is 47.1 Å². The molecule has 0 aliphatic heterocycles. The van der Waals surface area contributed by atoms with Crippen LogP contribution in [0.5, 0.6) is 0 Å². The van der Waals surface area contributed by atoms with E-state index in [1.807, 2.05) is 23.5 Å². The van der Waals surface area contributed by atoms with E-state index in [1.165, 1.54) is 22.8 Å². The smallest absolute Gasteiger partial charge is 0.0680 e. The second-order valence-electron chi connectivity index (χ2n) is 12.1. The van der Waals surface area contributed by atoms with E-state index in [9.17, 15) is 0 Å². The largest absolute Gasteiger partial charge is 0.272 e. The van der Waals surface area contributed by atoms with Gasteiger partial charge in [-0.2, -0.15) is 10.2 Å². The van der Waals surface area contributed by atoms with Crippen LogP contribution in [0, 0.1) is 0 Å². The van der Waals surface area contributed by atoms with Gasteiger partial charge in [-0.15, -0.1) is 0 Å². The second kappa shape index (κ2) is 7.68. The van der Waals surface area contributed by atoms with Crippen LogP contribution in [0.15, 0.2) is 12.1 Å². The topological polar surface area (TPSA) is 35.6 Å². The highest BCUT2D eigenvalue weighted by Gasteiger charge is 2.25. The van der Waals surface area contributed by atoms with Crippen molar-refractivity contribution in [2.45, 2.75) is 105 Å². The molecule has 0 saturated heterocycles. The molecule has 2 rings (SSSR count). The highest BCUT2D eigenvalue weighted by atomic mass is 15.3. The van der Waals surface area contributed by atoms with Gasteiger partial charge in [0.2, 0.25) is 0 Å². The monoisotopic (exact) mass is 388 g/mol. The minimum Gasteiger partial charge on any atom is -0.272 e. The fourth-order valence-electron chi connectivity index (χ4n) is 3.07. The van der Waals surface area contributed by atoms with Gasteiger partial charge < -0.3 is 0 Å². The third kappa shape index (κ3) is 6.22. The van der Waals surface area contributed by atoms with Crippen LogP contribution in [0.3, 0.4) is 0 Å². The highest BCUT2D eigenvalue weighted by molar-refractivity contribution is 5.23. The average molecular weight is 389 g/mol. The molecule has 4 nitrogen and oxygen atoms in total. The first-order valence-corrected chi connectivity index (χ1v) is 10.3. The molecule has 0 spiro atoms. The lowest BCUT2D eigenvalue weighted by molar-refractivity contribution is 0.514. The van der Waals surface area contributed by atoms with Crippen LogP contribution in [0.25, 0.3) is 0 Å². The molecular weight excluding hydrogens is 344 g/mol. The molecule has 0 aliphatic rings. The maximum atomic E-state index is 4.57. The average Bonchev–Trinajstić information content (AvgIpc) is 3.00. The van der Waals surface area contributed by atoms with Gasteiger partial charge >= 0.3 is 0 Å². The van der Waals surface area contributed by atoms with Crippen molar-refractivity contribution in [1.82, 2.24) is 19.6 Å². The van der Waals surface area contributed by atoms with E-state index in [-0.39, 0.29) is 21.7 Å². The van der Waals surface area contributed by atoms with Gasteiger partial charge in [-0.05, 0) is 12.1 Å². The molecule has 0 unspecified atom stereocenters. The van der Waals surface area contributed by atoms with Crippen LogP contribution < -0.4 is 0 Å². The molecule has 0 atom stereocenters. The first kappa shape index (κ1) is 24.5. The van der Waals surface area contributed by atoms with Crippen molar-refractivity contribution in [3.63, 3.8) is 0 Å². The standard InChI is InChI=1S/2C12H22N2/c2*1-11(2,3)9-8-10(12(4,5)6)14(7)13-9/h2*8H,1-7H3. The minimum absolute atomic E-state index is 0.140. The summed E-state index contributed by atoms with van der Waals surface area (Å²) in [5.41, 5.74) is 5.55. The summed E-state index contributed by atoms with van der Waals surface area (Å²) in [4.78, 5) is 0. The summed E-state index contributed by atoms with van der Waals surface area (Å²) in [6.45, 7) is 26.5. The third-order valence-corrected chi connectivity index (χ3v) is 4.83. The lowest BCUT2D eigenvalue weighted by Crippen LogP contribution is -2.16. The first-order chi connectivity index (χ1) is 12.2. The van der Waals surface area contributed by atoms with Crippen LogP contribution in [0.4, 0.5) is 0 Å². The van der Waals surface area contributed by atoms with Crippen molar-refractivity contribution in [3.8, 4) is 0 Å². The summed E-state index contributed by atoms with van der Waals surface area (Å²) in [5, 5.41) is 9.13. The summed E-state index contributed by atoms with van der Waals surface area (Å²) in [5.74, 6) is 0. The van der Waals surface area contributed by atoms with Crippen LogP contribution in [0.1, 0.15) is 106 Å². The number of hydrogen-bond donors (Lipinski definition) is 0. The number of hydrogen-bond acceptors (Lipinski definition) is 2. The Morgan fingerprint density at radius 1 is 0.500 bits per heavy atom. The highest BCUT2D eigenvalue weighted by Crippen LogP contribution is 2.28. The van der Waals surface area contributed by atoms with Crippen molar-refractivity contribution in [2.24, 2.45) is 14.1 Å². The Morgan fingerprint density at radius 2 is 0.750 bits per heavy atom. The molecule has 0 aliphatic carbocycles. The van der Waals surface area contributed by atoms with Gasteiger partial charge in [0.15, 0.2) is 0 Å². The molecule has 4 heteroatoms. The fraction of sp³-hybridized carbons (Fsp3) is 0.750. The van der Waals surface area contributed by atoms with Crippen molar-refractivity contribution >= 4 is 0 Å². The Kier molecular flexibility index (Phi) is 6.71. The number of rotatable bonds is 0. The Hall–Kier alpha value is -1.58. The van der Waals surface area contributed by atoms with E-state index in [0.29, 0.717) is 0 Å². The Balaban J connectivity index is 0.000000280. The third-order valence-electron chi connectivity index (χ3n) is 4.83. The number of aryl methyl sites for hydroxylation is 2. The molecule has 0 bridgehead atoms. The van der Waals surface area contributed by atoms with Crippen molar-refractivity contribution < 1.29 is 0 Å². The van der Waals surface area contributed by atoms with E-state index in [2.05, 4.69) is 105 Å². The van der Waals surface area contributed by atoms with Gasteiger partial charge in [0.05, 0.1) is 11.4 Å². The molecule has 0 fully saturated rings. The maximum absolute atomic E-state index is 4.57. The SMILES string of the molecule is Cn1nc(C(C)(C)C)cc1C(C)(C)C.Cn1nc(C(C)(C)C)cc1C(C)(C)C. The van der Waals surface area contributed by atoms with E-state index in [4.69, 9.17) is 0 Å². The van der Waals surface area contributed by atoms with Crippen LogP contribution in [-0.2, 0) is 35.8 Å². The predicted octanol–water partition coefficient (Wildman–Crippen LogP) is 6.03. The Bertz CT molecular complexity index is 710. The van der Waals surface area contributed by atoms with Gasteiger partial charge in [0.25, 0.3) is 0 Å². The minimum atomic E-state index is 0.140. The number of nitrogens with zero attached hydrogens (tertiary/aromatic N) is 4. The molecule has 28 heavy (non-hydrogen) atoms. The molecule has 2 aromatic heterocycles. The van der Waals surface area contributed by atoms with Gasteiger partial charge in [-0.25, -0.2) is 0 Å². The van der Waals surface area contributed by atoms with E-state index in [0.717, 1.165) is 0 Å². The van der Waals surface area contributed by atoms with Gasteiger partial charge in [0.1, 0.15) is 0 Å². The molecule has 2 heterocycles. The molecule has 2 aromatic rings. The lowest BCUT2D eigenvalue weighted by atomic mass is 9.88. The van der Waals surface area contributed by atoms with Crippen molar-refractivity contribution in [3.05, 3.63) is 34.9 Å². The number of aromatic nitrogens is 4. The normalized spacial score (nSPS) is 13.4. The van der Waals surface area contributed by atoms with Crippen LogP contribution in [0.2, 0.25) is 0 Å². The van der Waals surface area contributed by atoms with Gasteiger partial charge in [-0.3, -0.25) is 9.36 Å². The molecule has 0 radical (unpaired) electrons. The van der Waals surface area contributed by atoms with Gasteiger partial charge in [-0.1, -0.05) is 83.1 Å². The van der Waals surface area contributed by atoms with Crippen LogP contribution >= 0.6 is 0 Å². The zero-order valence-electron chi connectivity index (χ0n) is 20.9. The molecular formula is C24H44N4. The molecule has 160 valence electrons. The lowest BCUT2D eigenvalue weighted by Gasteiger charge is -2.18. The second-order valence-corrected chi connectivity index (χ2v) is 12.1. The van der Waals surface area contributed by atoms with E-state index < -0.39 is 0 Å². The predicted molar refractivity (Wildman–Crippen MR) is 121 cm³/mol. The molecule has 0 aromatic carbocycles. The summed E-state index contributed by atoms with van der Waals surface area (Å²) >= 11 is 0. The zero-order chi connectivity index (χ0) is 22.3. The van der Waals surface area contributed by atoms with E-state index in [1.54, 1.807) is 0 Å². The summed E-state index contributed by atoms with van der Waals surface area (Å²) < 4.78 is 4.00. The Labute approximate surface area is 173 Å². The van der Waals surface area contributed by atoms with Crippen LogP contribution in [-0.4, -0.2) is 19.6 Å². The summed E-state index contributed by atoms with van der Waals surface area (Å²) in [6.07, 6.45) is 0. The quantitative estimate of drug-likeness (QED) is 0.552. The zero-order valence-corrected chi connectivity index (χ0v) is 20.9. The summed E-state index contributed by atoms with van der Waals surface area (Å²) in [7, 11) is 4.05. The fourth-order valence-corrected chi connectivity index (χ4v) is 3.07. The molecule has 0 N–H and O–H groups in total. The van der Waals surface area contributed by atoms with E-state index >= 15 is 0 Å². The maximum Gasteiger partial charge on any atom is 0.0680 e. The Morgan fingerprint density at radius 3 is 0.857 bits per heavy atom.